The standard InChI is InChI=1S/C12H11F3N4O/c1-2-7-6-17-19-10(7)18-11(20)8-3-4-9(16-5-8)12(13,14)15/h3-6H,2H2,1H3,(H2,17,18,19,20). The fourth-order valence-corrected chi connectivity index (χ4v) is 1.57. The van der Waals surface area contributed by atoms with Crippen LogP contribution in [0.2, 0.25) is 0 Å². The third-order valence-corrected chi connectivity index (χ3v) is 2.65. The minimum atomic E-state index is -4.52. The average Bonchev–Trinajstić information content (AvgIpc) is 2.85. The molecule has 0 aliphatic heterocycles. The van der Waals surface area contributed by atoms with Gasteiger partial charge >= 0.3 is 6.18 Å². The summed E-state index contributed by atoms with van der Waals surface area (Å²) in [5, 5.41) is 8.93. The predicted octanol–water partition coefficient (Wildman–Crippen LogP) is 2.64. The number of hydrogen-bond donors (Lipinski definition) is 2. The molecule has 0 atom stereocenters. The Morgan fingerprint density at radius 1 is 1.35 bits per heavy atom. The minimum Gasteiger partial charge on any atom is -0.307 e. The van der Waals surface area contributed by atoms with Gasteiger partial charge in [-0.25, -0.2) is 0 Å². The summed E-state index contributed by atoms with van der Waals surface area (Å²) in [6.45, 7) is 1.89. The van der Waals surface area contributed by atoms with E-state index >= 15 is 0 Å². The molecule has 0 radical (unpaired) electrons. The molecule has 0 unspecified atom stereocenters. The van der Waals surface area contributed by atoms with E-state index in [4.69, 9.17) is 0 Å². The lowest BCUT2D eigenvalue weighted by molar-refractivity contribution is -0.141. The molecule has 1 amide bonds. The molecular weight excluding hydrogens is 273 g/mol. The van der Waals surface area contributed by atoms with Gasteiger partial charge in [-0.1, -0.05) is 6.92 Å². The Morgan fingerprint density at radius 3 is 2.65 bits per heavy atom. The third kappa shape index (κ3) is 2.95. The number of rotatable bonds is 3. The Kier molecular flexibility index (Phi) is 3.73. The van der Waals surface area contributed by atoms with E-state index in [1.807, 2.05) is 6.92 Å². The second-order valence-electron chi connectivity index (χ2n) is 4.01. The molecule has 106 valence electrons. The van der Waals surface area contributed by atoms with Crippen molar-refractivity contribution in [3.05, 3.63) is 41.3 Å². The number of pyridine rings is 1. The van der Waals surface area contributed by atoms with Crippen LogP contribution < -0.4 is 5.32 Å². The number of amides is 1. The molecule has 8 heteroatoms. The van der Waals surface area contributed by atoms with Gasteiger partial charge in [-0.05, 0) is 18.6 Å². The minimum absolute atomic E-state index is 0.0367. The monoisotopic (exact) mass is 284 g/mol. The highest BCUT2D eigenvalue weighted by atomic mass is 19.4. The van der Waals surface area contributed by atoms with Crippen molar-refractivity contribution >= 4 is 11.7 Å². The van der Waals surface area contributed by atoms with Crippen LogP contribution >= 0.6 is 0 Å². The Bertz CT molecular complexity index is 604. The molecule has 0 aliphatic carbocycles. The van der Waals surface area contributed by atoms with Crippen LogP contribution in [0.25, 0.3) is 0 Å². The number of hydrogen-bond acceptors (Lipinski definition) is 3. The van der Waals surface area contributed by atoms with Crippen LogP contribution in [-0.4, -0.2) is 21.1 Å². The number of carbonyl (C=O) groups excluding carboxylic acids is 1. The number of aromatic amines is 1. The molecule has 20 heavy (non-hydrogen) atoms. The molecule has 0 aromatic carbocycles. The average molecular weight is 284 g/mol. The molecule has 2 heterocycles. The van der Waals surface area contributed by atoms with Crippen LogP contribution in [0.1, 0.15) is 28.5 Å². The SMILES string of the molecule is CCc1cn[nH]c1NC(=O)c1ccc(C(F)(F)F)nc1. The smallest absolute Gasteiger partial charge is 0.307 e. The maximum absolute atomic E-state index is 12.3. The molecule has 5 nitrogen and oxygen atoms in total. The zero-order chi connectivity index (χ0) is 14.8. The van der Waals surface area contributed by atoms with Crippen LogP contribution in [0.3, 0.4) is 0 Å². The highest BCUT2D eigenvalue weighted by Crippen LogP contribution is 2.27. The van der Waals surface area contributed by atoms with Gasteiger partial charge in [0, 0.05) is 11.8 Å². The zero-order valence-electron chi connectivity index (χ0n) is 10.5. The number of aryl methyl sites for hydroxylation is 1. The molecule has 2 aromatic rings. The summed E-state index contributed by atoms with van der Waals surface area (Å²) in [5.41, 5.74) is -0.197. The van der Waals surface area contributed by atoms with E-state index in [9.17, 15) is 18.0 Å². The van der Waals surface area contributed by atoms with Crippen LogP contribution in [-0.2, 0) is 12.6 Å². The number of anilines is 1. The molecule has 2 N–H and O–H groups in total. The number of nitrogens with one attached hydrogen (secondary N) is 2. The van der Waals surface area contributed by atoms with Gasteiger partial charge in [0.1, 0.15) is 11.5 Å². The first-order chi connectivity index (χ1) is 9.41. The molecule has 0 saturated carbocycles. The fraction of sp³-hybridized carbons (Fsp3) is 0.250. The first-order valence-corrected chi connectivity index (χ1v) is 5.78. The normalized spacial score (nSPS) is 11.4. The summed E-state index contributed by atoms with van der Waals surface area (Å²) in [5.74, 6) is -0.123. The van der Waals surface area contributed by atoms with Gasteiger partial charge in [0.25, 0.3) is 5.91 Å². The van der Waals surface area contributed by atoms with Gasteiger partial charge in [0.15, 0.2) is 0 Å². The zero-order valence-corrected chi connectivity index (χ0v) is 10.5. The maximum atomic E-state index is 12.3. The van der Waals surface area contributed by atoms with Crippen molar-refractivity contribution in [2.45, 2.75) is 19.5 Å². The number of H-pyrrole nitrogens is 1. The van der Waals surface area contributed by atoms with Crippen molar-refractivity contribution in [1.82, 2.24) is 15.2 Å². The summed E-state index contributed by atoms with van der Waals surface area (Å²) in [7, 11) is 0. The predicted molar refractivity (Wildman–Crippen MR) is 65.2 cm³/mol. The summed E-state index contributed by atoms with van der Waals surface area (Å²) < 4.78 is 37.0. The van der Waals surface area contributed by atoms with Crippen molar-refractivity contribution < 1.29 is 18.0 Å². The third-order valence-electron chi connectivity index (χ3n) is 2.65. The van der Waals surface area contributed by atoms with E-state index in [0.717, 1.165) is 23.9 Å². The molecule has 0 spiro atoms. The first kappa shape index (κ1) is 14.0. The summed E-state index contributed by atoms with van der Waals surface area (Å²) in [4.78, 5) is 15.1. The van der Waals surface area contributed by atoms with Gasteiger partial charge in [-0.3, -0.25) is 14.9 Å². The molecule has 2 aromatic heterocycles. The molecule has 0 aliphatic rings. The Balaban J connectivity index is 2.14. The molecule has 0 bridgehead atoms. The highest BCUT2D eigenvalue weighted by Gasteiger charge is 2.32. The number of halogens is 3. The van der Waals surface area contributed by atoms with Crippen molar-refractivity contribution in [2.24, 2.45) is 0 Å². The van der Waals surface area contributed by atoms with Crippen molar-refractivity contribution in [3.63, 3.8) is 0 Å². The lowest BCUT2D eigenvalue weighted by Gasteiger charge is -2.07. The van der Waals surface area contributed by atoms with Crippen LogP contribution in [0.4, 0.5) is 19.0 Å². The summed E-state index contributed by atoms with van der Waals surface area (Å²) in [6, 6.07) is 1.84. The number of nitrogens with zero attached hydrogens (tertiary/aromatic N) is 2. The van der Waals surface area contributed by atoms with Crippen LogP contribution in [0.5, 0.6) is 0 Å². The molecule has 2 rings (SSSR count). The summed E-state index contributed by atoms with van der Waals surface area (Å²) >= 11 is 0. The number of carbonyl (C=O) groups is 1. The second-order valence-corrected chi connectivity index (χ2v) is 4.01. The molecule has 0 saturated heterocycles. The van der Waals surface area contributed by atoms with Gasteiger partial charge in [-0.2, -0.15) is 18.3 Å². The van der Waals surface area contributed by atoms with Crippen molar-refractivity contribution in [1.29, 1.82) is 0 Å². The Hall–Kier alpha value is -2.38. The highest BCUT2D eigenvalue weighted by molar-refractivity contribution is 6.03. The maximum Gasteiger partial charge on any atom is 0.433 e. The quantitative estimate of drug-likeness (QED) is 0.910. The fourth-order valence-electron chi connectivity index (χ4n) is 1.57. The Labute approximate surface area is 112 Å². The molecular formula is C12H11F3N4O. The van der Waals surface area contributed by atoms with Gasteiger partial charge < -0.3 is 5.32 Å². The lowest BCUT2D eigenvalue weighted by atomic mass is 10.2. The topological polar surface area (TPSA) is 70.7 Å². The van der Waals surface area contributed by atoms with E-state index in [-0.39, 0.29) is 5.56 Å². The van der Waals surface area contributed by atoms with Gasteiger partial charge in [0.2, 0.25) is 0 Å². The number of aromatic nitrogens is 3. The van der Waals surface area contributed by atoms with Crippen LogP contribution in [0.15, 0.2) is 24.5 Å². The lowest BCUT2D eigenvalue weighted by Crippen LogP contribution is -2.15. The van der Waals surface area contributed by atoms with Crippen LogP contribution in [0, 0.1) is 0 Å². The van der Waals surface area contributed by atoms with E-state index < -0.39 is 17.8 Å². The number of alkyl halides is 3. The van der Waals surface area contributed by atoms with Crippen molar-refractivity contribution in [3.8, 4) is 0 Å². The van der Waals surface area contributed by atoms with E-state index in [1.165, 1.54) is 0 Å². The van der Waals surface area contributed by atoms with E-state index in [1.54, 1.807) is 6.20 Å². The van der Waals surface area contributed by atoms with Gasteiger partial charge in [0.05, 0.1) is 11.8 Å². The largest absolute Gasteiger partial charge is 0.433 e. The van der Waals surface area contributed by atoms with E-state index in [2.05, 4.69) is 20.5 Å². The summed E-state index contributed by atoms with van der Waals surface area (Å²) in [6.07, 6.45) is -1.40. The Morgan fingerprint density at radius 2 is 2.10 bits per heavy atom. The molecule has 0 fully saturated rings. The van der Waals surface area contributed by atoms with E-state index in [0.29, 0.717) is 12.2 Å². The van der Waals surface area contributed by atoms with Crippen molar-refractivity contribution in [2.75, 3.05) is 5.32 Å². The first-order valence-electron chi connectivity index (χ1n) is 5.78. The second kappa shape index (κ2) is 5.32. The van der Waals surface area contributed by atoms with Gasteiger partial charge in [-0.15, -0.1) is 0 Å².